The number of nitrogens with one attached hydrogen (secondary N) is 3. The van der Waals surface area contributed by atoms with Crippen LogP contribution in [0.25, 0.3) is 51.4 Å². The second-order valence-electron chi connectivity index (χ2n) is 9.35. The van der Waals surface area contributed by atoms with E-state index in [1.54, 1.807) is 12.4 Å². The summed E-state index contributed by atoms with van der Waals surface area (Å²) in [5.74, 6) is 0.312. The van der Waals surface area contributed by atoms with E-state index < -0.39 is 0 Å². The third-order valence-electron chi connectivity index (χ3n) is 6.31. The molecule has 38 heavy (non-hydrogen) atoms. The van der Waals surface area contributed by atoms with Crippen LogP contribution < -0.4 is 15.9 Å². The molecule has 0 amide bonds. The number of hydrogen-bond acceptors (Lipinski definition) is 5. The number of aromatic amines is 2. The maximum absolute atomic E-state index is 14.6. The lowest BCUT2D eigenvalue weighted by molar-refractivity contribution is 0.425. The van der Waals surface area contributed by atoms with Crippen molar-refractivity contribution >= 4 is 34.4 Å². The lowest BCUT2D eigenvalue weighted by atomic mass is 10.0. The summed E-state index contributed by atoms with van der Waals surface area (Å²) >= 11 is 0. The van der Waals surface area contributed by atoms with Gasteiger partial charge in [-0.1, -0.05) is 30.9 Å². The number of allylic oxidation sites excluding steroid dienone is 1. The van der Waals surface area contributed by atoms with Crippen LogP contribution in [0, 0.1) is 5.82 Å². The van der Waals surface area contributed by atoms with Crippen LogP contribution in [0.4, 0.5) is 10.1 Å². The molecule has 0 atom stereocenters. The summed E-state index contributed by atoms with van der Waals surface area (Å²) in [6.45, 7) is 7.74. The van der Waals surface area contributed by atoms with Crippen molar-refractivity contribution in [1.82, 2.24) is 30.0 Å². The average molecular weight is 508 g/mol. The molecule has 5 rings (SSSR count). The Balaban J connectivity index is 1.57. The fraction of sp³-hybridized carbons (Fsp3) is 0.167. The number of hydrogen-bond donors (Lipinski definition) is 3. The molecule has 7 nitrogen and oxygen atoms in total. The lowest BCUT2D eigenvalue weighted by Gasteiger charge is -2.13. The van der Waals surface area contributed by atoms with Crippen LogP contribution >= 0.6 is 0 Å². The molecule has 0 radical (unpaired) electrons. The smallest absolute Gasteiger partial charge is 0.159 e. The van der Waals surface area contributed by atoms with Crippen LogP contribution in [0.15, 0.2) is 67.5 Å². The molecular formula is C30H30FN7. The van der Waals surface area contributed by atoms with Crippen LogP contribution in [0.3, 0.4) is 0 Å². The third-order valence-corrected chi connectivity index (χ3v) is 6.31. The standard InChI is InChI=1S/C30H30FN7/c1-5-26-25(14-19(2)20-8-7-11-32-18-20)29(37-36-26)30-34-27-10-6-9-24(28(27)35-30)21-15-22(31)17-23(16-21)33-12-13-38(3)4/h5-11,14-18,33,36H,2,12-13H2,1,3-4H3,(H,34,35)/b25-14+,26-5+. The van der Waals surface area contributed by atoms with Crippen molar-refractivity contribution in [1.29, 1.82) is 0 Å². The summed E-state index contributed by atoms with van der Waals surface area (Å²) in [4.78, 5) is 14.6. The summed E-state index contributed by atoms with van der Waals surface area (Å²) in [5, 5.41) is 12.7. The van der Waals surface area contributed by atoms with Gasteiger partial charge in [0.2, 0.25) is 0 Å². The van der Waals surface area contributed by atoms with Gasteiger partial charge in [-0.2, -0.15) is 5.10 Å². The molecule has 8 heteroatoms. The Hall–Kier alpha value is -4.56. The van der Waals surface area contributed by atoms with Gasteiger partial charge in [0.15, 0.2) is 5.82 Å². The molecule has 192 valence electrons. The highest BCUT2D eigenvalue weighted by Gasteiger charge is 2.15. The fourth-order valence-electron chi connectivity index (χ4n) is 4.37. The molecule has 0 aliphatic carbocycles. The average Bonchev–Trinajstić information content (AvgIpc) is 3.52. The van der Waals surface area contributed by atoms with E-state index >= 15 is 0 Å². The monoisotopic (exact) mass is 507 g/mol. The first-order valence-corrected chi connectivity index (χ1v) is 12.4. The quantitative estimate of drug-likeness (QED) is 0.290. The van der Waals surface area contributed by atoms with E-state index in [4.69, 9.17) is 4.98 Å². The van der Waals surface area contributed by atoms with Gasteiger partial charge in [0, 0.05) is 42.0 Å². The predicted molar refractivity (Wildman–Crippen MR) is 153 cm³/mol. The number of H-pyrrole nitrogens is 2. The zero-order valence-corrected chi connectivity index (χ0v) is 21.7. The van der Waals surface area contributed by atoms with E-state index in [1.807, 2.05) is 69.6 Å². The summed E-state index contributed by atoms with van der Waals surface area (Å²) in [7, 11) is 4.01. The molecule has 0 unspecified atom stereocenters. The second-order valence-corrected chi connectivity index (χ2v) is 9.35. The van der Waals surface area contributed by atoms with Crippen molar-refractivity contribution in [2.24, 2.45) is 0 Å². The van der Waals surface area contributed by atoms with Gasteiger partial charge in [-0.25, -0.2) is 9.37 Å². The number of anilines is 1. The molecule has 2 aromatic carbocycles. The van der Waals surface area contributed by atoms with Crippen molar-refractivity contribution in [2.75, 3.05) is 32.5 Å². The Kier molecular flexibility index (Phi) is 7.15. The Morgan fingerprint density at radius 2 is 2.03 bits per heavy atom. The van der Waals surface area contributed by atoms with E-state index in [9.17, 15) is 4.39 Å². The summed E-state index contributed by atoms with van der Waals surface area (Å²) in [5.41, 5.74) is 6.32. The zero-order chi connectivity index (χ0) is 26.6. The predicted octanol–water partition coefficient (Wildman–Crippen LogP) is 4.42. The number of nitrogens with zero attached hydrogens (tertiary/aromatic N) is 4. The van der Waals surface area contributed by atoms with Crippen LogP contribution in [-0.4, -0.2) is 57.2 Å². The molecule has 0 aliphatic rings. The molecule has 0 aliphatic heterocycles. The number of fused-ring (bicyclic) bond motifs is 1. The van der Waals surface area contributed by atoms with Gasteiger partial charge in [-0.3, -0.25) is 10.1 Å². The van der Waals surface area contributed by atoms with Crippen LogP contribution in [0.5, 0.6) is 0 Å². The molecule has 0 saturated carbocycles. The Labute approximate surface area is 220 Å². The highest BCUT2D eigenvalue weighted by Crippen LogP contribution is 2.31. The molecule has 0 bridgehead atoms. The molecule has 5 aromatic rings. The number of imidazole rings is 1. The van der Waals surface area contributed by atoms with Crippen LogP contribution in [0.1, 0.15) is 12.5 Å². The van der Waals surface area contributed by atoms with Crippen LogP contribution in [0.2, 0.25) is 0 Å². The van der Waals surface area contributed by atoms with Gasteiger partial charge in [0.05, 0.1) is 16.4 Å². The Morgan fingerprint density at radius 3 is 2.79 bits per heavy atom. The number of pyridine rings is 1. The van der Waals surface area contributed by atoms with Gasteiger partial charge in [0.25, 0.3) is 0 Å². The van der Waals surface area contributed by atoms with Crippen molar-refractivity contribution < 1.29 is 4.39 Å². The highest BCUT2D eigenvalue weighted by molar-refractivity contribution is 5.94. The minimum absolute atomic E-state index is 0.302. The SMILES string of the molecule is C=C(/C=c1/c(-c2nc3c(-c4cc(F)cc(NCCN(C)C)c4)cccc3[nH]2)n[nH]/c1=C/C)c1cccnc1. The second kappa shape index (κ2) is 10.8. The first-order valence-electron chi connectivity index (χ1n) is 12.4. The first-order chi connectivity index (χ1) is 18.4. The Bertz CT molecular complexity index is 1710. The maximum atomic E-state index is 14.6. The summed E-state index contributed by atoms with van der Waals surface area (Å²) < 4.78 is 14.6. The van der Waals surface area contributed by atoms with Gasteiger partial charge >= 0.3 is 0 Å². The molecule has 3 aromatic heterocycles. The van der Waals surface area contributed by atoms with Gasteiger partial charge < -0.3 is 15.2 Å². The molecular weight excluding hydrogens is 477 g/mol. The van der Waals surface area contributed by atoms with E-state index in [0.29, 0.717) is 18.1 Å². The van der Waals surface area contributed by atoms with E-state index in [2.05, 4.69) is 37.0 Å². The van der Waals surface area contributed by atoms with Crippen molar-refractivity contribution in [2.45, 2.75) is 6.92 Å². The Morgan fingerprint density at radius 1 is 1.16 bits per heavy atom. The molecule has 0 fully saturated rings. The number of aromatic nitrogens is 5. The van der Waals surface area contributed by atoms with E-state index in [1.165, 1.54) is 12.1 Å². The molecule has 0 saturated heterocycles. The number of benzene rings is 2. The normalized spacial score (nSPS) is 12.6. The van der Waals surface area contributed by atoms with Gasteiger partial charge in [-0.15, -0.1) is 0 Å². The summed E-state index contributed by atoms with van der Waals surface area (Å²) in [6.07, 6.45) is 7.46. The van der Waals surface area contributed by atoms with Crippen LogP contribution in [-0.2, 0) is 0 Å². The van der Waals surface area contributed by atoms with E-state index in [-0.39, 0.29) is 5.82 Å². The van der Waals surface area contributed by atoms with E-state index in [0.717, 1.165) is 56.1 Å². The summed E-state index contributed by atoms with van der Waals surface area (Å²) in [6, 6.07) is 14.7. The minimum atomic E-state index is -0.302. The number of likely N-dealkylation sites (N-methyl/N-ethyl adjacent to an activating group) is 1. The van der Waals surface area contributed by atoms with Crippen molar-refractivity contribution in [3.63, 3.8) is 0 Å². The van der Waals surface area contributed by atoms with Gasteiger partial charge in [-0.05, 0) is 74.1 Å². The topological polar surface area (TPSA) is 85.5 Å². The molecule has 3 heterocycles. The first kappa shape index (κ1) is 25.1. The highest BCUT2D eigenvalue weighted by atomic mass is 19.1. The molecule has 0 spiro atoms. The maximum Gasteiger partial charge on any atom is 0.159 e. The lowest BCUT2D eigenvalue weighted by Crippen LogP contribution is -2.23. The number of halogens is 1. The molecule has 3 N–H and O–H groups in total. The van der Waals surface area contributed by atoms with Crippen molar-refractivity contribution in [3.05, 3.63) is 89.5 Å². The zero-order valence-electron chi connectivity index (χ0n) is 21.7. The third kappa shape index (κ3) is 5.26. The van der Waals surface area contributed by atoms with Gasteiger partial charge in [0.1, 0.15) is 11.5 Å². The largest absolute Gasteiger partial charge is 0.384 e. The van der Waals surface area contributed by atoms with Crippen molar-refractivity contribution in [3.8, 4) is 22.6 Å². The number of rotatable bonds is 8. The number of para-hydroxylation sites is 1. The minimum Gasteiger partial charge on any atom is -0.384 e. The fourth-order valence-corrected chi connectivity index (χ4v) is 4.37.